The van der Waals surface area contributed by atoms with Crippen LogP contribution in [0.3, 0.4) is 0 Å². The number of nitrogens with zero attached hydrogens (tertiary/aromatic N) is 2. The molecule has 1 aromatic carbocycles. The van der Waals surface area contributed by atoms with Crippen molar-refractivity contribution in [1.29, 1.82) is 0 Å². The number of ether oxygens (including phenoxy) is 2. The van der Waals surface area contributed by atoms with Crippen LogP contribution in [-0.4, -0.2) is 22.0 Å². The van der Waals surface area contributed by atoms with E-state index in [0.717, 1.165) is 17.0 Å². The molecule has 0 bridgehead atoms. The van der Waals surface area contributed by atoms with E-state index in [1.165, 1.54) is 10.5 Å². The Morgan fingerprint density at radius 1 is 1.33 bits per heavy atom. The first-order chi connectivity index (χ1) is 13.0. The lowest BCUT2D eigenvalue weighted by molar-refractivity contribution is -0.151. The van der Waals surface area contributed by atoms with Gasteiger partial charge in [-0.25, -0.2) is 4.98 Å². The Bertz CT molecular complexity index is 1090. The van der Waals surface area contributed by atoms with Gasteiger partial charge < -0.3 is 9.47 Å². The molecule has 1 atom stereocenters. The van der Waals surface area contributed by atoms with Crippen molar-refractivity contribution in [1.82, 2.24) is 9.38 Å². The van der Waals surface area contributed by atoms with Crippen LogP contribution in [0.15, 0.2) is 47.3 Å². The average molecular weight is 385 g/mol. The molecule has 0 saturated carbocycles. The molecule has 3 heterocycles. The van der Waals surface area contributed by atoms with Crippen molar-refractivity contribution < 1.29 is 14.3 Å². The fourth-order valence-corrected chi connectivity index (χ4v) is 3.41. The zero-order valence-electron chi connectivity index (χ0n) is 14.6. The molecule has 4 rings (SSSR count). The highest BCUT2D eigenvalue weighted by Gasteiger charge is 2.27. The zero-order chi connectivity index (χ0) is 19.0. The van der Waals surface area contributed by atoms with E-state index in [9.17, 15) is 9.59 Å². The molecule has 2 aromatic heterocycles. The van der Waals surface area contributed by atoms with Gasteiger partial charge in [-0.05, 0) is 49.2 Å². The molecule has 0 saturated heterocycles. The summed E-state index contributed by atoms with van der Waals surface area (Å²) in [7, 11) is 0. The number of aryl methyl sites for hydroxylation is 1. The molecule has 1 aliphatic rings. The summed E-state index contributed by atoms with van der Waals surface area (Å²) in [6.07, 6.45) is 0.502. The Labute approximate surface area is 160 Å². The third kappa shape index (κ3) is 3.53. The van der Waals surface area contributed by atoms with E-state index < -0.39 is 5.92 Å². The molecule has 0 aliphatic carbocycles. The summed E-state index contributed by atoms with van der Waals surface area (Å²) in [5.41, 5.74) is 2.42. The van der Waals surface area contributed by atoms with Gasteiger partial charge in [0.25, 0.3) is 5.56 Å². The zero-order valence-corrected chi connectivity index (χ0v) is 15.4. The number of carbonyl (C=O) groups is 1. The van der Waals surface area contributed by atoms with Gasteiger partial charge in [0.05, 0.1) is 11.6 Å². The van der Waals surface area contributed by atoms with Crippen molar-refractivity contribution in [2.24, 2.45) is 5.92 Å². The summed E-state index contributed by atoms with van der Waals surface area (Å²) < 4.78 is 12.5. The van der Waals surface area contributed by atoms with Crippen LogP contribution in [0.5, 0.6) is 5.75 Å². The standard InChI is InChI=1S/C20H17ClN2O4/c1-12-3-2-4-18-22-16(9-19(24)23(12)18)11-27-20(25)14-7-13-8-15(21)5-6-17(13)26-10-14/h2-6,8-9,14H,7,10-11H2,1H3/t14-/m0/s1. The first-order valence-electron chi connectivity index (χ1n) is 8.57. The molecule has 0 spiro atoms. The lowest BCUT2D eigenvalue weighted by Crippen LogP contribution is -2.30. The lowest BCUT2D eigenvalue weighted by atomic mass is 9.97. The number of carbonyl (C=O) groups excluding carboxylic acids is 1. The van der Waals surface area contributed by atoms with Crippen LogP contribution < -0.4 is 10.3 Å². The van der Waals surface area contributed by atoms with E-state index in [-0.39, 0.29) is 24.7 Å². The summed E-state index contributed by atoms with van der Waals surface area (Å²) in [5, 5.41) is 0.600. The van der Waals surface area contributed by atoms with Gasteiger partial charge >= 0.3 is 5.97 Å². The molecule has 0 N–H and O–H groups in total. The van der Waals surface area contributed by atoms with Crippen molar-refractivity contribution in [3.63, 3.8) is 0 Å². The number of rotatable bonds is 3. The number of esters is 1. The van der Waals surface area contributed by atoms with E-state index in [2.05, 4.69) is 4.98 Å². The van der Waals surface area contributed by atoms with Crippen molar-refractivity contribution in [2.45, 2.75) is 20.0 Å². The molecule has 0 unspecified atom stereocenters. The number of fused-ring (bicyclic) bond motifs is 2. The first-order valence-corrected chi connectivity index (χ1v) is 8.95. The second-order valence-corrected chi connectivity index (χ2v) is 6.95. The normalized spacial score (nSPS) is 15.9. The topological polar surface area (TPSA) is 69.9 Å². The summed E-state index contributed by atoms with van der Waals surface area (Å²) in [6.45, 7) is 2.03. The van der Waals surface area contributed by atoms with Crippen molar-refractivity contribution >= 4 is 23.2 Å². The van der Waals surface area contributed by atoms with Crippen LogP contribution in [0.25, 0.3) is 5.65 Å². The second kappa shape index (κ2) is 7.04. The summed E-state index contributed by atoms with van der Waals surface area (Å²) in [4.78, 5) is 29.1. The molecule has 0 radical (unpaired) electrons. The Balaban J connectivity index is 1.47. The highest BCUT2D eigenvalue weighted by molar-refractivity contribution is 6.30. The van der Waals surface area contributed by atoms with Crippen LogP contribution >= 0.6 is 11.6 Å². The number of pyridine rings is 1. The van der Waals surface area contributed by atoms with Gasteiger partial charge in [0, 0.05) is 16.8 Å². The van der Waals surface area contributed by atoms with Gasteiger partial charge in [0.2, 0.25) is 0 Å². The third-order valence-electron chi connectivity index (χ3n) is 4.56. The fraction of sp³-hybridized carbons (Fsp3) is 0.250. The van der Waals surface area contributed by atoms with Crippen LogP contribution in [0.2, 0.25) is 5.02 Å². The van der Waals surface area contributed by atoms with Gasteiger partial charge in [-0.3, -0.25) is 14.0 Å². The fourth-order valence-electron chi connectivity index (χ4n) is 3.22. The van der Waals surface area contributed by atoms with E-state index in [0.29, 0.717) is 22.8 Å². The summed E-state index contributed by atoms with van der Waals surface area (Å²) in [5.74, 6) is -0.0605. The summed E-state index contributed by atoms with van der Waals surface area (Å²) >= 11 is 6.01. The quantitative estimate of drug-likeness (QED) is 0.649. The third-order valence-corrected chi connectivity index (χ3v) is 4.79. The lowest BCUT2D eigenvalue weighted by Gasteiger charge is -2.24. The maximum absolute atomic E-state index is 12.4. The van der Waals surface area contributed by atoms with Crippen LogP contribution in [0.1, 0.15) is 17.0 Å². The Morgan fingerprint density at radius 2 is 2.19 bits per heavy atom. The van der Waals surface area contributed by atoms with E-state index in [4.69, 9.17) is 21.1 Å². The molecule has 3 aromatic rings. The number of hydrogen-bond donors (Lipinski definition) is 0. The largest absolute Gasteiger partial charge is 0.492 e. The molecule has 138 valence electrons. The Morgan fingerprint density at radius 3 is 3.04 bits per heavy atom. The summed E-state index contributed by atoms with van der Waals surface area (Å²) in [6, 6.07) is 12.1. The molecular formula is C20H17ClN2O4. The number of hydrogen-bond acceptors (Lipinski definition) is 5. The number of benzene rings is 1. The van der Waals surface area contributed by atoms with Gasteiger partial charge in [0.1, 0.15) is 24.6 Å². The second-order valence-electron chi connectivity index (χ2n) is 6.52. The van der Waals surface area contributed by atoms with Crippen molar-refractivity contribution in [3.8, 4) is 5.75 Å². The van der Waals surface area contributed by atoms with Crippen LogP contribution in [-0.2, 0) is 22.6 Å². The smallest absolute Gasteiger partial charge is 0.313 e. The van der Waals surface area contributed by atoms with Gasteiger partial charge in [-0.1, -0.05) is 17.7 Å². The maximum Gasteiger partial charge on any atom is 0.313 e. The van der Waals surface area contributed by atoms with E-state index >= 15 is 0 Å². The van der Waals surface area contributed by atoms with Crippen LogP contribution in [0, 0.1) is 12.8 Å². The van der Waals surface area contributed by atoms with Gasteiger partial charge in [-0.2, -0.15) is 0 Å². The molecule has 7 heteroatoms. The van der Waals surface area contributed by atoms with Crippen molar-refractivity contribution in [2.75, 3.05) is 6.61 Å². The average Bonchev–Trinajstić information content (AvgIpc) is 2.65. The minimum atomic E-state index is -0.417. The van der Waals surface area contributed by atoms with Gasteiger partial charge in [0.15, 0.2) is 0 Å². The van der Waals surface area contributed by atoms with E-state index in [1.54, 1.807) is 24.3 Å². The maximum atomic E-state index is 12.4. The molecule has 6 nitrogen and oxygen atoms in total. The monoisotopic (exact) mass is 384 g/mol. The predicted molar refractivity (Wildman–Crippen MR) is 100 cm³/mol. The molecular weight excluding hydrogens is 368 g/mol. The highest BCUT2D eigenvalue weighted by Crippen LogP contribution is 2.30. The predicted octanol–water partition coefficient (Wildman–Crippen LogP) is 2.95. The first kappa shape index (κ1) is 17.5. The molecule has 1 aliphatic heterocycles. The molecule has 0 fully saturated rings. The molecule has 0 amide bonds. The van der Waals surface area contributed by atoms with Crippen LogP contribution in [0.4, 0.5) is 0 Å². The van der Waals surface area contributed by atoms with Gasteiger partial charge in [-0.15, -0.1) is 0 Å². The highest BCUT2D eigenvalue weighted by atomic mass is 35.5. The van der Waals surface area contributed by atoms with Crippen molar-refractivity contribution in [3.05, 3.63) is 74.8 Å². The minimum absolute atomic E-state index is 0.0581. The molecule has 27 heavy (non-hydrogen) atoms. The van der Waals surface area contributed by atoms with E-state index in [1.807, 2.05) is 19.1 Å². The number of halogens is 1. The SMILES string of the molecule is Cc1cccc2nc(COC(=O)[C@@H]3COc4ccc(Cl)cc4C3)cc(=O)n12. The minimum Gasteiger partial charge on any atom is -0.492 e. The number of aromatic nitrogens is 2. The Hall–Kier alpha value is -2.86. The Kier molecular flexibility index (Phi) is 4.58.